The molecule has 0 aliphatic heterocycles. The topological polar surface area (TPSA) is 90.5 Å². The normalized spacial score (nSPS) is 11.6. The number of nitrogens with zero attached hydrogens (tertiary/aromatic N) is 6. The molecule has 0 saturated carbocycles. The second-order valence-corrected chi connectivity index (χ2v) is 13.2. The summed E-state index contributed by atoms with van der Waals surface area (Å²) in [6.45, 7) is 4.42. The minimum Gasteiger partial charge on any atom is -0.455 e. The van der Waals surface area contributed by atoms with E-state index >= 15 is 0 Å². The first-order valence-corrected chi connectivity index (χ1v) is 18.4. The van der Waals surface area contributed by atoms with E-state index < -0.39 is 0 Å². The molecule has 9 aromatic rings. The Morgan fingerprint density at radius 3 is 1.41 bits per heavy atom. The first-order valence-electron chi connectivity index (χ1n) is 18.4. The monoisotopic (exact) mass is 722 g/mol. The van der Waals surface area contributed by atoms with E-state index in [1.807, 2.05) is 170 Å². The van der Waals surface area contributed by atoms with E-state index in [0.717, 1.165) is 55.3 Å². The van der Waals surface area contributed by atoms with Crippen LogP contribution in [0.4, 0.5) is 0 Å². The first-order chi connectivity index (χ1) is 27.7. The van der Waals surface area contributed by atoms with Crippen LogP contribution in [0.25, 0.3) is 84.5 Å². The van der Waals surface area contributed by atoms with E-state index in [1.54, 1.807) is 0 Å². The number of hydrogen-bond donors (Lipinski definition) is 0. The number of fused-ring (bicyclic) bond motifs is 3. The van der Waals surface area contributed by atoms with Gasteiger partial charge < -0.3 is 4.42 Å². The van der Waals surface area contributed by atoms with Crippen molar-refractivity contribution in [1.82, 2.24) is 29.9 Å². The van der Waals surface area contributed by atoms with Crippen molar-refractivity contribution in [3.63, 3.8) is 0 Å². The third-order valence-electron chi connectivity index (χ3n) is 9.40. The Kier molecular flexibility index (Phi) is 9.38. The standard InChI is InChI=1S/C49H34N6O/c1-33(19-7-2-16-32-42-50-45(34-20-8-3-9-21-34)52-46(51-42)35-22-10-4-11-23-35)38-28-17-29-39-40-30-18-31-41(44(40)56-43(38)39)49-54-47(36-24-12-5-13-25-36)53-48(55-49)37-26-14-6-15-27-37/h2-31H,1,32H2/b16-2-,19-7-. The summed E-state index contributed by atoms with van der Waals surface area (Å²) in [4.78, 5) is 29.2. The van der Waals surface area contributed by atoms with Gasteiger partial charge in [-0.15, -0.1) is 0 Å². The van der Waals surface area contributed by atoms with Gasteiger partial charge in [0.1, 0.15) is 17.0 Å². The lowest BCUT2D eigenvalue weighted by molar-refractivity contribution is 0.668. The fraction of sp³-hybridized carbons (Fsp3) is 0.0204. The Morgan fingerprint density at radius 2 is 0.893 bits per heavy atom. The first kappa shape index (κ1) is 34.1. The van der Waals surface area contributed by atoms with Gasteiger partial charge in [0.2, 0.25) is 0 Å². The molecule has 3 aromatic heterocycles. The second-order valence-electron chi connectivity index (χ2n) is 13.2. The molecule has 0 aliphatic carbocycles. The third kappa shape index (κ3) is 7.05. The summed E-state index contributed by atoms with van der Waals surface area (Å²) in [6, 6.07) is 52.1. The summed E-state index contributed by atoms with van der Waals surface area (Å²) < 4.78 is 6.73. The van der Waals surface area contributed by atoms with Crippen LogP contribution in [0.5, 0.6) is 0 Å². The fourth-order valence-corrected chi connectivity index (χ4v) is 6.64. The summed E-state index contributed by atoms with van der Waals surface area (Å²) in [7, 11) is 0. The van der Waals surface area contributed by atoms with Gasteiger partial charge in [-0.25, -0.2) is 29.9 Å². The molecular weight excluding hydrogens is 689 g/mol. The van der Waals surface area contributed by atoms with Crippen LogP contribution in [0, 0.1) is 0 Å². The Labute approximate surface area is 324 Å². The van der Waals surface area contributed by atoms with Gasteiger partial charge in [0.25, 0.3) is 0 Å². The Hall–Kier alpha value is -7.64. The van der Waals surface area contributed by atoms with Crippen molar-refractivity contribution in [1.29, 1.82) is 0 Å². The Bertz CT molecular complexity index is 2770. The van der Waals surface area contributed by atoms with E-state index in [-0.39, 0.29) is 0 Å². The smallest absolute Gasteiger partial charge is 0.167 e. The van der Waals surface area contributed by atoms with E-state index in [4.69, 9.17) is 34.3 Å². The number of aromatic nitrogens is 6. The fourth-order valence-electron chi connectivity index (χ4n) is 6.64. The highest BCUT2D eigenvalue weighted by Crippen LogP contribution is 2.38. The van der Waals surface area contributed by atoms with Crippen LogP contribution >= 0.6 is 0 Å². The Balaban J connectivity index is 1.01. The number of rotatable bonds is 10. The van der Waals surface area contributed by atoms with Gasteiger partial charge >= 0.3 is 0 Å². The van der Waals surface area contributed by atoms with Gasteiger partial charge in [0.05, 0.1) is 5.56 Å². The van der Waals surface area contributed by atoms with Crippen molar-refractivity contribution in [2.24, 2.45) is 0 Å². The maximum atomic E-state index is 6.73. The maximum Gasteiger partial charge on any atom is 0.167 e. The molecule has 0 radical (unpaired) electrons. The molecule has 3 heterocycles. The van der Waals surface area contributed by atoms with Gasteiger partial charge in [-0.2, -0.15) is 0 Å². The molecule has 7 nitrogen and oxygen atoms in total. The average Bonchev–Trinajstić information content (AvgIpc) is 3.66. The summed E-state index contributed by atoms with van der Waals surface area (Å²) >= 11 is 0. The number of para-hydroxylation sites is 2. The van der Waals surface area contributed by atoms with Crippen LogP contribution in [-0.4, -0.2) is 29.9 Å². The SMILES string of the molecule is C=C(/C=C\C=C/Cc1nc(-c2ccccc2)nc(-c2ccccc2)n1)c1cccc2c1oc1c(-c3nc(-c4ccccc4)nc(-c4ccccc4)n3)cccc12. The van der Waals surface area contributed by atoms with Gasteiger partial charge in [0, 0.05) is 45.0 Å². The lowest BCUT2D eigenvalue weighted by Crippen LogP contribution is -2.02. The van der Waals surface area contributed by atoms with Crippen LogP contribution in [0.1, 0.15) is 11.4 Å². The van der Waals surface area contributed by atoms with E-state index in [9.17, 15) is 0 Å². The molecule has 0 atom stereocenters. The molecule has 0 saturated heterocycles. The largest absolute Gasteiger partial charge is 0.455 e. The third-order valence-corrected chi connectivity index (χ3v) is 9.40. The van der Waals surface area contributed by atoms with Crippen molar-refractivity contribution in [3.05, 3.63) is 200 Å². The lowest BCUT2D eigenvalue weighted by atomic mass is 10.0. The predicted octanol–water partition coefficient (Wildman–Crippen LogP) is 11.7. The molecule has 56 heavy (non-hydrogen) atoms. The highest BCUT2D eigenvalue weighted by atomic mass is 16.3. The van der Waals surface area contributed by atoms with Gasteiger partial charge in [-0.3, -0.25) is 0 Å². The summed E-state index contributed by atoms with van der Waals surface area (Å²) in [5.41, 5.74) is 7.67. The van der Waals surface area contributed by atoms with Crippen molar-refractivity contribution in [2.45, 2.75) is 6.42 Å². The van der Waals surface area contributed by atoms with Gasteiger partial charge in [-0.1, -0.05) is 183 Å². The highest BCUT2D eigenvalue weighted by molar-refractivity contribution is 6.11. The molecule has 266 valence electrons. The summed E-state index contributed by atoms with van der Waals surface area (Å²) in [5.74, 6) is 3.72. The molecule has 9 rings (SSSR count). The average molecular weight is 723 g/mol. The molecular formula is C49H34N6O. The van der Waals surface area contributed by atoms with Crippen LogP contribution in [0.15, 0.2) is 193 Å². The molecule has 0 fully saturated rings. The van der Waals surface area contributed by atoms with Crippen LogP contribution in [-0.2, 0) is 6.42 Å². The maximum absolute atomic E-state index is 6.73. The van der Waals surface area contributed by atoms with E-state index in [1.165, 1.54) is 0 Å². The lowest BCUT2D eigenvalue weighted by Gasteiger charge is -2.08. The Morgan fingerprint density at radius 1 is 0.446 bits per heavy atom. The molecule has 7 heteroatoms. The zero-order valence-electron chi connectivity index (χ0n) is 30.3. The molecule has 0 aliphatic rings. The zero-order chi connectivity index (χ0) is 37.7. The van der Waals surface area contributed by atoms with Crippen LogP contribution < -0.4 is 0 Å². The molecule has 0 bridgehead atoms. The van der Waals surface area contributed by atoms with Gasteiger partial charge in [-0.05, 0) is 11.6 Å². The molecule has 0 spiro atoms. The van der Waals surface area contributed by atoms with E-state index in [2.05, 4.69) is 18.7 Å². The minimum atomic E-state index is 0.538. The van der Waals surface area contributed by atoms with Gasteiger partial charge in [0.15, 0.2) is 29.1 Å². The number of hydrogen-bond acceptors (Lipinski definition) is 7. The molecule has 6 aromatic carbocycles. The molecule has 0 N–H and O–H groups in total. The van der Waals surface area contributed by atoms with E-state index in [0.29, 0.717) is 47.0 Å². The highest BCUT2D eigenvalue weighted by Gasteiger charge is 2.19. The van der Waals surface area contributed by atoms with Crippen molar-refractivity contribution in [2.75, 3.05) is 0 Å². The van der Waals surface area contributed by atoms with Crippen LogP contribution in [0.2, 0.25) is 0 Å². The summed E-state index contributed by atoms with van der Waals surface area (Å²) in [5, 5.41) is 1.96. The minimum absolute atomic E-state index is 0.538. The van der Waals surface area contributed by atoms with Crippen molar-refractivity contribution >= 4 is 27.5 Å². The molecule has 0 unspecified atom stereocenters. The zero-order valence-corrected chi connectivity index (χ0v) is 30.3. The number of benzene rings is 6. The van der Waals surface area contributed by atoms with Crippen molar-refractivity contribution in [3.8, 4) is 56.9 Å². The number of furan rings is 1. The second kappa shape index (κ2) is 15.4. The molecule has 0 amide bonds. The number of allylic oxidation sites excluding steroid dienone is 5. The predicted molar refractivity (Wildman–Crippen MR) is 225 cm³/mol. The van der Waals surface area contributed by atoms with Crippen LogP contribution in [0.3, 0.4) is 0 Å². The van der Waals surface area contributed by atoms with Crippen molar-refractivity contribution < 1.29 is 4.42 Å². The summed E-state index contributed by atoms with van der Waals surface area (Å²) in [6.07, 6.45) is 8.54. The quantitative estimate of drug-likeness (QED) is 0.130.